The first-order valence-electron chi connectivity index (χ1n) is 5.34. The summed E-state index contributed by atoms with van der Waals surface area (Å²) in [6.07, 6.45) is 1.53. The first-order chi connectivity index (χ1) is 8.69. The molecule has 3 aromatic rings. The number of hydrogen-bond acceptors (Lipinski definition) is 3. The summed E-state index contributed by atoms with van der Waals surface area (Å²) < 4.78 is 5.67. The molecule has 2 aromatic heterocycles. The predicted molar refractivity (Wildman–Crippen MR) is 72.6 cm³/mol. The summed E-state index contributed by atoms with van der Waals surface area (Å²) in [5.41, 5.74) is 3.10. The van der Waals surface area contributed by atoms with Gasteiger partial charge < -0.3 is 9.72 Å². The van der Waals surface area contributed by atoms with Crippen LogP contribution in [0, 0.1) is 0 Å². The fourth-order valence-corrected chi connectivity index (χ4v) is 2.34. The summed E-state index contributed by atoms with van der Waals surface area (Å²) in [6, 6.07) is 7.69. The van der Waals surface area contributed by atoms with Gasteiger partial charge in [0.1, 0.15) is 0 Å². The summed E-state index contributed by atoms with van der Waals surface area (Å²) in [7, 11) is 1.36. The highest BCUT2D eigenvalue weighted by Crippen LogP contribution is 2.26. The Labute approximate surface area is 111 Å². The Morgan fingerprint density at radius 3 is 2.94 bits per heavy atom. The number of ether oxygens (including phenoxy) is 1. The molecule has 0 aliphatic carbocycles. The van der Waals surface area contributed by atoms with Crippen LogP contribution < -0.4 is 0 Å². The number of aromatic nitrogens is 2. The third kappa shape index (κ3) is 1.67. The Kier molecular flexibility index (Phi) is 2.56. The lowest BCUT2D eigenvalue weighted by Gasteiger charge is -1.97. The number of pyridine rings is 1. The highest BCUT2D eigenvalue weighted by atomic mass is 79.9. The Morgan fingerprint density at radius 1 is 1.33 bits per heavy atom. The van der Waals surface area contributed by atoms with Crippen LogP contribution >= 0.6 is 15.9 Å². The quantitative estimate of drug-likeness (QED) is 0.702. The molecule has 0 fully saturated rings. The molecular formula is C13H9BrN2O2. The fourth-order valence-electron chi connectivity index (χ4n) is 1.98. The van der Waals surface area contributed by atoms with Crippen molar-refractivity contribution in [2.24, 2.45) is 0 Å². The molecule has 0 saturated heterocycles. The van der Waals surface area contributed by atoms with E-state index in [0.29, 0.717) is 5.56 Å². The molecule has 5 heteroatoms. The molecule has 0 saturated carbocycles. The lowest BCUT2D eigenvalue weighted by Crippen LogP contribution is -2.01. The van der Waals surface area contributed by atoms with Crippen molar-refractivity contribution >= 4 is 43.8 Å². The van der Waals surface area contributed by atoms with Gasteiger partial charge in [-0.05, 0) is 24.3 Å². The summed E-state index contributed by atoms with van der Waals surface area (Å²) in [5.74, 6) is -0.385. The van der Waals surface area contributed by atoms with E-state index in [4.69, 9.17) is 0 Å². The molecule has 0 aliphatic heterocycles. The minimum absolute atomic E-state index is 0.385. The summed E-state index contributed by atoms with van der Waals surface area (Å²) >= 11 is 3.42. The molecule has 1 N–H and O–H groups in total. The topological polar surface area (TPSA) is 55.0 Å². The number of benzene rings is 1. The van der Waals surface area contributed by atoms with Crippen LogP contribution in [0.5, 0.6) is 0 Å². The van der Waals surface area contributed by atoms with Gasteiger partial charge in [-0.15, -0.1) is 0 Å². The number of carbonyl (C=O) groups is 1. The first-order valence-corrected chi connectivity index (χ1v) is 6.13. The summed E-state index contributed by atoms with van der Waals surface area (Å²) in [4.78, 5) is 19.0. The Hall–Kier alpha value is -1.88. The van der Waals surface area contributed by atoms with E-state index in [1.54, 1.807) is 6.07 Å². The van der Waals surface area contributed by atoms with Gasteiger partial charge in [-0.25, -0.2) is 4.79 Å². The van der Waals surface area contributed by atoms with E-state index < -0.39 is 0 Å². The number of aromatic amines is 1. The average Bonchev–Trinajstić information content (AvgIpc) is 2.73. The number of hydrogen-bond donors (Lipinski definition) is 1. The molecule has 2 heterocycles. The molecule has 0 radical (unpaired) electrons. The van der Waals surface area contributed by atoms with Crippen molar-refractivity contribution in [1.29, 1.82) is 0 Å². The number of fused-ring (bicyclic) bond motifs is 3. The second-order valence-electron chi connectivity index (χ2n) is 3.93. The molecule has 1 aromatic carbocycles. The molecule has 0 unspecified atom stereocenters. The maximum absolute atomic E-state index is 11.4. The number of nitrogens with one attached hydrogen (secondary N) is 1. The molecule has 0 atom stereocenters. The van der Waals surface area contributed by atoms with Crippen LogP contribution in [0.1, 0.15) is 10.4 Å². The van der Waals surface area contributed by atoms with Crippen molar-refractivity contribution in [2.45, 2.75) is 0 Å². The third-order valence-electron chi connectivity index (χ3n) is 2.81. The largest absolute Gasteiger partial charge is 0.465 e. The zero-order chi connectivity index (χ0) is 12.7. The molecule has 18 heavy (non-hydrogen) atoms. The first kappa shape index (κ1) is 11.2. The number of H-pyrrole nitrogens is 1. The number of nitrogens with zero attached hydrogens (tertiary/aromatic N) is 1. The van der Waals surface area contributed by atoms with Crippen LogP contribution in [0.4, 0.5) is 0 Å². The van der Waals surface area contributed by atoms with Crippen LogP contribution in [0.15, 0.2) is 34.9 Å². The van der Waals surface area contributed by atoms with Gasteiger partial charge in [-0.3, -0.25) is 4.98 Å². The molecular weight excluding hydrogens is 296 g/mol. The van der Waals surface area contributed by atoms with E-state index in [9.17, 15) is 4.79 Å². The monoisotopic (exact) mass is 304 g/mol. The van der Waals surface area contributed by atoms with E-state index in [2.05, 4.69) is 30.6 Å². The Balaban J connectivity index is 2.29. The van der Waals surface area contributed by atoms with Crippen LogP contribution in [-0.2, 0) is 4.74 Å². The smallest absolute Gasteiger partial charge is 0.339 e. The van der Waals surface area contributed by atoms with E-state index in [1.807, 2.05) is 18.2 Å². The van der Waals surface area contributed by atoms with Crippen molar-refractivity contribution in [1.82, 2.24) is 9.97 Å². The Bertz CT molecular complexity index is 764. The minimum Gasteiger partial charge on any atom is -0.465 e. The van der Waals surface area contributed by atoms with Crippen molar-refractivity contribution in [3.8, 4) is 0 Å². The van der Waals surface area contributed by atoms with Crippen LogP contribution in [0.2, 0.25) is 0 Å². The molecule has 0 spiro atoms. The van der Waals surface area contributed by atoms with Gasteiger partial charge in [0.05, 0.1) is 23.7 Å². The highest BCUT2D eigenvalue weighted by molar-refractivity contribution is 9.10. The lowest BCUT2D eigenvalue weighted by molar-refractivity contribution is 0.0600. The van der Waals surface area contributed by atoms with Crippen molar-refractivity contribution in [2.75, 3.05) is 7.11 Å². The number of methoxy groups -OCH3 is 1. The Morgan fingerprint density at radius 2 is 2.17 bits per heavy atom. The van der Waals surface area contributed by atoms with Crippen LogP contribution in [0.25, 0.3) is 21.9 Å². The van der Waals surface area contributed by atoms with Gasteiger partial charge in [0, 0.05) is 21.6 Å². The average molecular weight is 305 g/mol. The number of carbonyl (C=O) groups excluding carboxylic acids is 1. The van der Waals surface area contributed by atoms with Crippen LogP contribution in [0.3, 0.4) is 0 Å². The number of esters is 1. The predicted octanol–water partition coefficient (Wildman–Crippen LogP) is 3.27. The minimum atomic E-state index is -0.385. The second-order valence-corrected chi connectivity index (χ2v) is 4.84. The zero-order valence-electron chi connectivity index (χ0n) is 9.53. The van der Waals surface area contributed by atoms with Gasteiger partial charge in [0.2, 0.25) is 0 Å². The fraction of sp³-hybridized carbons (Fsp3) is 0.0769. The zero-order valence-corrected chi connectivity index (χ0v) is 11.1. The summed E-state index contributed by atoms with van der Waals surface area (Å²) in [6.45, 7) is 0. The second kappa shape index (κ2) is 4.10. The van der Waals surface area contributed by atoms with E-state index >= 15 is 0 Å². The molecule has 0 aliphatic rings. The molecule has 4 nitrogen and oxygen atoms in total. The maximum atomic E-state index is 11.4. The molecule has 0 amide bonds. The standard InChI is InChI=1S/C13H9BrN2O2/c1-18-13(17)7-4-11-12(15-6-7)9-3-2-8(14)5-10(9)16-11/h2-6,16H,1H3. The summed E-state index contributed by atoms with van der Waals surface area (Å²) in [5, 5.41) is 1.03. The van der Waals surface area contributed by atoms with Crippen molar-refractivity contribution in [3.05, 3.63) is 40.5 Å². The van der Waals surface area contributed by atoms with E-state index in [0.717, 1.165) is 26.4 Å². The van der Waals surface area contributed by atoms with E-state index in [1.165, 1.54) is 13.3 Å². The van der Waals surface area contributed by atoms with Crippen molar-refractivity contribution in [3.63, 3.8) is 0 Å². The number of rotatable bonds is 1. The SMILES string of the molecule is COC(=O)c1cnc2c(c1)[nH]c1cc(Br)ccc12. The third-order valence-corrected chi connectivity index (χ3v) is 3.31. The molecule has 3 rings (SSSR count). The lowest BCUT2D eigenvalue weighted by atomic mass is 10.2. The van der Waals surface area contributed by atoms with Gasteiger partial charge >= 0.3 is 5.97 Å². The van der Waals surface area contributed by atoms with E-state index in [-0.39, 0.29) is 5.97 Å². The normalized spacial score (nSPS) is 11.0. The van der Waals surface area contributed by atoms with Gasteiger partial charge in [-0.1, -0.05) is 15.9 Å². The molecule has 90 valence electrons. The maximum Gasteiger partial charge on any atom is 0.339 e. The van der Waals surface area contributed by atoms with Gasteiger partial charge in [0.15, 0.2) is 0 Å². The van der Waals surface area contributed by atoms with Crippen molar-refractivity contribution < 1.29 is 9.53 Å². The van der Waals surface area contributed by atoms with Gasteiger partial charge in [0.25, 0.3) is 0 Å². The van der Waals surface area contributed by atoms with Gasteiger partial charge in [-0.2, -0.15) is 0 Å². The molecule has 0 bridgehead atoms. The number of halogens is 1. The van der Waals surface area contributed by atoms with Crippen LogP contribution in [-0.4, -0.2) is 23.0 Å². The highest BCUT2D eigenvalue weighted by Gasteiger charge is 2.10.